The van der Waals surface area contributed by atoms with Gasteiger partial charge in [-0.15, -0.1) is 0 Å². The molecule has 0 bridgehead atoms. The van der Waals surface area contributed by atoms with Crippen LogP contribution < -0.4 is 25.5 Å². The highest BCUT2D eigenvalue weighted by molar-refractivity contribution is 6.93. The topological polar surface area (TPSA) is 22.9 Å². The number of hydrogen-bond donors (Lipinski definition) is 0. The Morgan fingerprint density at radius 2 is 0.916 bits per heavy atom. The van der Waals surface area contributed by atoms with Gasteiger partial charge < -0.3 is 19.0 Å². The van der Waals surface area contributed by atoms with Crippen LogP contribution in [-0.2, 0) is 21.7 Å². The summed E-state index contributed by atoms with van der Waals surface area (Å²) in [6, 6.07) is 78.5. The number of para-hydroxylation sites is 1. The standard InChI is InChI=1S/C78H76BN3O/c1-49-21-20-22-50(2)73(49)52-43-65-63-46-60(80(57-34-27-53(28-35-57)75(3,4)5)58-36-29-54(30-37-58)76(6,7)8)40-42-68(63)82(59-38-31-55(32-39-59)77(9,10)11)79-66-47-64-61-25-18-19-26-71(61)83-72(64)48-69(66)81(70(44-52)74(65)79)67-41-33-56(78(12,13)14)45-62(67)51-23-16-15-17-24-51/h15-48H,1-14H3. The molecule has 0 amide bonds. The summed E-state index contributed by atoms with van der Waals surface area (Å²) >= 11 is 0. The molecular weight excluding hydrogens is 1010 g/mol. The van der Waals surface area contributed by atoms with Crippen molar-refractivity contribution in [3.63, 3.8) is 0 Å². The highest BCUT2D eigenvalue weighted by Crippen LogP contribution is 2.53. The number of anilines is 8. The summed E-state index contributed by atoms with van der Waals surface area (Å²) < 4.78 is 6.92. The van der Waals surface area contributed by atoms with Gasteiger partial charge in [0.1, 0.15) is 11.2 Å². The lowest BCUT2D eigenvalue weighted by atomic mass is 9.43. The third-order valence-electron chi connectivity index (χ3n) is 17.7. The van der Waals surface area contributed by atoms with Crippen molar-refractivity contribution in [2.45, 2.75) is 119 Å². The smallest absolute Gasteiger partial charge is 0.333 e. The summed E-state index contributed by atoms with van der Waals surface area (Å²) in [6.07, 6.45) is 0. The third-order valence-corrected chi connectivity index (χ3v) is 17.7. The number of fused-ring (bicyclic) bond motifs is 7. The molecule has 2 aliphatic rings. The molecule has 0 saturated carbocycles. The Balaban J connectivity index is 1.17. The molecule has 0 N–H and O–H groups in total. The van der Waals surface area contributed by atoms with E-state index < -0.39 is 0 Å². The van der Waals surface area contributed by atoms with Crippen molar-refractivity contribution in [3.05, 3.63) is 240 Å². The maximum Gasteiger partial charge on any atom is 0.333 e. The first-order chi connectivity index (χ1) is 39.5. The van der Waals surface area contributed by atoms with Crippen LogP contribution in [-0.4, -0.2) is 6.85 Å². The van der Waals surface area contributed by atoms with Gasteiger partial charge >= 0.3 is 6.85 Å². The highest BCUT2D eigenvalue weighted by atomic mass is 16.3. The van der Waals surface area contributed by atoms with Crippen molar-refractivity contribution in [1.29, 1.82) is 0 Å². The van der Waals surface area contributed by atoms with Crippen LogP contribution in [0.15, 0.2) is 211 Å². The predicted octanol–water partition coefficient (Wildman–Crippen LogP) is 20.9. The summed E-state index contributed by atoms with van der Waals surface area (Å²) in [5.74, 6) is 0. The van der Waals surface area contributed by atoms with E-state index in [4.69, 9.17) is 4.42 Å². The van der Waals surface area contributed by atoms with Gasteiger partial charge in [-0.2, -0.15) is 0 Å². The fourth-order valence-electron chi connectivity index (χ4n) is 13.1. The Hall–Kier alpha value is -8.54. The van der Waals surface area contributed by atoms with E-state index in [1.165, 1.54) is 77.7 Å². The molecule has 3 heterocycles. The molecule has 11 aromatic rings. The molecule has 2 aliphatic heterocycles. The highest BCUT2D eigenvalue weighted by Gasteiger charge is 2.47. The summed E-state index contributed by atoms with van der Waals surface area (Å²) in [7, 11) is 0. The molecule has 0 aliphatic carbocycles. The molecular formula is C78H76BN3O. The van der Waals surface area contributed by atoms with Crippen molar-refractivity contribution in [3.8, 4) is 33.4 Å². The largest absolute Gasteiger partial charge is 0.456 e. The Labute approximate surface area is 493 Å². The summed E-state index contributed by atoms with van der Waals surface area (Å²) in [4.78, 5) is 7.71. The summed E-state index contributed by atoms with van der Waals surface area (Å²) in [6.45, 7) is 31.9. The predicted molar refractivity (Wildman–Crippen MR) is 357 cm³/mol. The van der Waals surface area contributed by atoms with Crippen molar-refractivity contribution in [1.82, 2.24) is 0 Å². The zero-order valence-electron chi connectivity index (χ0n) is 51.0. The van der Waals surface area contributed by atoms with Crippen molar-refractivity contribution in [2.24, 2.45) is 0 Å². The average molecular weight is 1080 g/mol. The van der Waals surface area contributed by atoms with E-state index in [-0.39, 0.29) is 28.5 Å². The SMILES string of the molecule is Cc1cccc(C)c1-c1cc2c3c(c1)N(c1ccc(C(C)(C)C)cc1-c1ccccc1)c1cc4oc5ccccc5c4cc1B3N(c1ccc(C(C)(C)C)cc1)c1ccc(N(c3ccc(C(C)(C)C)cc3)c3ccc(C(C)(C)C)cc3)cc1-2. The summed E-state index contributed by atoms with van der Waals surface area (Å²) in [5, 5.41) is 2.22. The van der Waals surface area contributed by atoms with E-state index in [1.807, 2.05) is 0 Å². The Morgan fingerprint density at radius 1 is 0.373 bits per heavy atom. The molecule has 0 saturated heterocycles. The first kappa shape index (κ1) is 53.8. The van der Waals surface area contributed by atoms with Crippen molar-refractivity contribution >= 4 is 85.2 Å². The first-order valence-corrected chi connectivity index (χ1v) is 29.8. The number of nitrogens with zero attached hydrogens (tertiary/aromatic N) is 3. The van der Waals surface area contributed by atoms with Crippen molar-refractivity contribution in [2.75, 3.05) is 14.6 Å². The second-order valence-electron chi connectivity index (χ2n) is 27.6. The van der Waals surface area contributed by atoms with Gasteiger partial charge in [-0.1, -0.05) is 198 Å². The van der Waals surface area contributed by atoms with Crippen LogP contribution in [0.5, 0.6) is 0 Å². The summed E-state index contributed by atoms with van der Waals surface area (Å²) in [5.41, 5.74) is 27.9. The lowest BCUT2D eigenvalue weighted by Gasteiger charge is -2.46. The molecule has 1 aromatic heterocycles. The van der Waals surface area contributed by atoms with Gasteiger partial charge in [-0.05, 0) is 187 Å². The van der Waals surface area contributed by atoms with Gasteiger partial charge in [0.2, 0.25) is 0 Å². The van der Waals surface area contributed by atoms with Crippen LogP contribution in [0.3, 0.4) is 0 Å². The molecule has 5 heteroatoms. The van der Waals surface area contributed by atoms with Crippen LogP contribution in [0, 0.1) is 13.8 Å². The molecule has 412 valence electrons. The molecule has 0 fully saturated rings. The Morgan fingerprint density at radius 3 is 1.52 bits per heavy atom. The van der Waals surface area contributed by atoms with E-state index in [0.717, 1.165) is 67.4 Å². The Bertz CT molecular complexity index is 4230. The minimum Gasteiger partial charge on any atom is -0.456 e. The van der Waals surface area contributed by atoms with Crippen molar-refractivity contribution < 1.29 is 4.42 Å². The lowest BCUT2D eigenvalue weighted by molar-refractivity contribution is 0.590. The van der Waals surface area contributed by atoms with Gasteiger partial charge in [0.05, 0.1) is 5.69 Å². The maximum absolute atomic E-state index is 6.92. The molecule has 0 radical (unpaired) electrons. The molecule has 0 unspecified atom stereocenters. The van der Waals surface area contributed by atoms with E-state index in [2.05, 4.69) is 318 Å². The fraction of sp³-hybridized carbons (Fsp3) is 0.231. The third kappa shape index (κ3) is 9.34. The quantitative estimate of drug-likeness (QED) is 0.148. The lowest BCUT2D eigenvalue weighted by Crippen LogP contribution is -2.61. The van der Waals surface area contributed by atoms with E-state index in [1.54, 1.807) is 0 Å². The van der Waals surface area contributed by atoms with Gasteiger partial charge in [-0.3, -0.25) is 0 Å². The zero-order valence-corrected chi connectivity index (χ0v) is 51.0. The minimum absolute atomic E-state index is 0.00761. The monoisotopic (exact) mass is 1080 g/mol. The van der Waals surface area contributed by atoms with Crippen LogP contribution in [0.25, 0.3) is 55.3 Å². The maximum atomic E-state index is 6.92. The van der Waals surface area contributed by atoms with Crippen LogP contribution in [0.1, 0.15) is 116 Å². The van der Waals surface area contributed by atoms with Crippen LogP contribution in [0.4, 0.5) is 45.5 Å². The number of hydrogen-bond acceptors (Lipinski definition) is 4. The van der Waals surface area contributed by atoms with Gasteiger partial charge in [0, 0.05) is 67.8 Å². The molecule has 0 spiro atoms. The van der Waals surface area contributed by atoms with E-state index in [9.17, 15) is 0 Å². The van der Waals surface area contributed by atoms with Gasteiger partial charge in [-0.25, -0.2) is 0 Å². The molecule has 13 rings (SSSR count). The van der Waals surface area contributed by atoms with Crippen LogP contribution in [0.2, 0.25) is 0 Å². The molecule has 4 nitrogen and oxygen atoms in total. The Kier molecular flexibility index (Phi) is 12.7. The van der Waals surface area contributed by atoms with E-state index in [0.29, 0.717) is 0 Å². The molecule has 10 aromatic carbocycles. The molecule has 83 heavy (non-hydrogen) atoms. The van der Waals surface area contributed by atoms with Gasteiger partial charge in [0.25, 0.3) is 0 Å². The minimum atomic E-state index is -0.241. The normalized spacial score (nSPS) is 13.3. The second kappa shape index (κ2) is 19.6. The van der Waals surface area contributed by atoms with E-state index >= 15 is 0 Å². The van der Waals surface area contributed by atoms with Crippen LogP contribution >= 0.6 is 0 Å². The number of rotatable bonds is 7. The average Bonchev–Trinajstić information content (AvgIpc) is 1.79. The number of aryl methyl sites for hydroxylation is 2. The molecule has 0 atom stereocenters. The first-order valence-electron chi connectivity index (χ1n) is 29.8. The number of furan rings is 1. The zero-order chi connectivity index (χ0) is 58.1. The fourth-order valence-corrected chi connectivity index (χ4v) is 13.1. The van der Waals surface area contributed by atoms with Gasteiger partial charge in [0.15, 0.2) is 0 Å². The number of benzene rings is 10. The second-order valence-corrected chi connectivity index (χ2v) is 27.6.